The highest BCUT2D eigenvalue weighted by Crippen LogP contribution is 2.06. The van der Waals surface area contributed by atoms with Crippen molar-refractivity contribution in [2.75, 3.05) is 18.1 Å². The van der Waals surface area contributed by atoms with Crippen LogP contribution in [0.15, 0.2) is 0 Å². The van der Waals surface area contributed by atoms with Crippen LogP contribution in [0.3, 0.4) is 0 Å². The van der Waals surface area contributed by atoms with Gasteiger partial charge in [0.2, 0.25) is 0 Å². The van der Waals surface area contributed by atoms with Gasteiger partial charge in [-0.3, -0.25) is 0 Å². The van der Waals surface area contributed by atoms with E-state index < -0.39 is 9.84 Å². The fraction of sp³-hybridized carbons (Fsp3) is 1.00. The fourth-order valence-corrected chi connectivity index (χ4v) is 2.88. The zero-order valence-electron chi connectivity index (χ0n) is 6.84. The Hall–Kier alpha value is -0.0900. The molecule has 1 aliphatic rings. The summed E-state index contributed by atoms with van der Waals surface area (Å²) >= 11 is 0. The molecule has 1 aliphatic heterocycles. The van der Waals surface area contributed by atoms with E-state index in [0.717, 1.165) is 19.4 Å². The maximum atomic E-state index is 11.2. The standard InChI is InChI=1S/C7H15NO2S/c1-2-5-11(9,10)6-7-3-4-8-7/h7-8H,2-6H2,1H3. The van der Waals surface area contributed by atoms with Gasteiger partial charge < -0.3 is 5.32 Å². The van der Waals surface area contributed by atoms with Gasteiger partial charge in [-0.2, -0.15) is 0 Å². The molecule has 0 aliphatic carbocycles. The number of sulfone groups is 1. The van der Waals surface area contributed by atoms with Crippen LogP contribution in [0.1, 0.15) is 19.8 Å². The highest BCUT2D eigenvalue weighted by Gasteiger charge is 2.22. The van der Waals surface area contributed by atoms with Gasteiger partial charge in [0.25, 0.3) is 0 Å². The van der Waals surface area contributed by atoms with Gasteiger partial charge in [0, 0.05) is 11.8 Å². The van der Waals surface area contributed by atoms with Crippen molar-refractivity contribution in [2.24, 2.45) is 0 Å². The fourth-order valence-electron chi connectivity index (χ4n) is 1.19. The quantitative estimate of drug-likeness (QED) is 0.666. The molecule has 0 radical (unpaired) electrons. The molecule has 0 spiro atoms. The Labute approximate surface area is 68.1 Å². The third-order valence-electron chi connectivity index (χ3n) is 1.90. The maximum absolute atomic E-state index is 11.2. The maximum Gasteiger partial charge on any atom is 0.151 e. The van der Waals surface area contributed by atoms with Gasteiger partial charge in [0.05, 0.1) is 5.75 Å². The molecule has 1 fully saturated rings. The first-order valence-electron chi connectivity index (χ1n) is 4.08. The highest BCUT2D eigenvalue weighted by molar-refractivity contribution is 7.91. The summed E-state index contributed by atoms with van der Waals surface area (Å²) in [6.07, 6.45) is 1.75. The van der Waals surface area contributed by atoms with E-state index in [1.807, 2.05) is 6.92 Å². The summed E-state index contributed by atoms with van der Waals surface area (Å²) in [7, 11) is -2.75. The summed E-state index contributed by atoms with van der Waals surface area (Å²) in [6, 6.07) is 0.242. The van der Waals surface area contributed by atoms with E-state index in [9.17, 15) is 8.42 Å². The van der Waals surface area contributed by atoms with Crippen molar-refractivity contribution in [3.63, 3.8) is 0 Å². The molecular formula is C7H15NO2S. The summed E-state index contributed by atoms with van der Waals surface area (Å²) in [6.45, 7) is 2.87. The molecule has 66 valence electrons. The molecule has 4 heteroatoms. The van der Waals surface area contributed by atoms with Gasteiger partial charge in [-0.1, -0.05) is 6.92 Å². The first-order chi connectivity index (χ1) is 5.14. The monoisotopic (exact) mass is 177 g/mol. The summed E-state index contributed by atoms with van der Waals surface area (Å²) in [5.74, 6) is 0.673. The summed E-state index contributed by atoms with van der Waals surface area (Å²) in [5, 5.41) is 3.08. The second kappa shape index (κ2) is 3.54. The van der Waals surface area contributed by atoms with Gasteiger partial charge in [-0.05, 0) is 19.4 Å². The zero-order chi connectivity index (χ0) is 8.32. The molecule has 1 heterocycles. The van der Waals surface area contributed by atoms with Crippen molar-refractivity contribution in [2.45, 2.75) is 25.8 Å². The van der Waals surface area contributed by atoms with Crippen LogP contribution in [0.4, 0.5) is 0 Å². The number of hydrogen-bond acceptors (Lipinski definition) is 3. The molecule has 3 nitrogen and oxygen atoms in total. The molecule has 1 N–H and O–H groups in total. The predicted octanol–water partition coefficient (Wildman–Crippen LogP) is 0.173. The lowest BCUT2D eigenvalue weighted by Gasteiger charge is -2.26. The molecule has 0 aromatic heterocycles. The first-order valence-corrected chi connectivity index (χ1v) is 5.90. The summed E-state index contributed by atoms with van der Waals surface area (Å²) in [4.78, 5) is 0. The third-order valence-corrected chi connectivity index (χ3v) is 3.84. The van der Waals surface area contributed by atoms with Crippen molar-refractivity contribution in [3.8, 4) is 0 Å². The lowest BCUT2D eigenvalue weighted by atomic mass is 10.1. The number of hydrogen-bond donors (Lipinski definition) is 1. The Morgan fingerprint density at radius 2 is 2.18 bits per heavy atom. The van der Waals surface area contributed by atoms with E-state index in [-0.39, 0.29) is 6.04 Å². The molecular weight excluding hydrogens is 162 g/mol. The van der Waals surface area contributed by atoms with Crippen LogP contribution in [0.5, 0.6) is 0 Å². The van der Waals surface area contributed by atoms with E-state index in [1.165, 1.54) is 0 Å². The smallest absolute Gasteiger partial charge is 0.151 e. The molecule has 11 heavy (non-hydrogen) atoms. The van der Waals surface area contributed by atoms with Crippen LogP contribution in [0, 0.1) is 0 Å². The first kappa shape index (κ1) is 9.00. The Morgan fingerprint density at radius 1 is 1.55 bits per heavy atom. The molecule has 0 amide bonds. The van der Waals surface area contributed by atoms with Crippen molar-refractivity contribution < 1.29 is 8.42 Å². The average molecular weight is 177 g/mol. The molecule has 0 aromatic rings. The van der Waals surface area contributed by atoms with E-state index in [2.05, 4.69) is 5.32 Å². The Kier molecular flexibility index (Phi) is 2.90. The van der Waals surface area contributed by atoms with Gasteiger partial charge in [0.1, 0.15) is 0 Å². The van der Waals surface area contributed by atoms with Gasteiger partial charge in [-0.15, -0.1) is 0 Å². The Morgan fingerprint density at radius 3 is 2.55 bits per heavy atom. The van der Waals surface area contributed by atoms with E-state index in [1.54, 1.807) is 0 Å². The molecule has 1 saturated heterocycles. The Bertz CT molecular complexity index is 206. The van der Waals surface area contributed by atoms with Crippen LogP contribution in [0.25, 0.3) is 0 Å². The second-order valence-electron chi connectivity index (χ2n) is 3.05. The van der Waals surface area contributed by atoms with Crippen molar-refractivity contribution in [1.82, 2.24) is 5.32 Å². The molecule has 0 saturated carbocycles. The van der Waals surface area contributed by atoms with E-state index in [4.69, 9.17) is 0 Å². The number of nitrogens with one attached hydrogen (secondary N) is 1. The predicted molar refractivity (Wildman–Crippen MR) is 45.4 cm³/mol. The van der Waals surface area contributed by atoms with Crippen molar-refractivity contribution in [3.05, 3.63) is 0 Å². The van der Waals surface area contributed by atoms with Crippen LogP contribution in [0.2, 0.25) is 0 Å². The van der Waals surface area contributed by atoms with Crippen molar-refractivity contribution in [1.29, 1.82) is 0 Å². The average Bonchev–Trinajstić information content (AvgIpc) is 1.79. The van der Waals surface area contributed by atoms with Crippen LogP contribution < -0.4 is 5.32 Å². The SMILES string of the molecule is CCCS(=O)(=O)CC1CCN1. The summed E-state index contributed by atoms with van der Waals surface area (Å²) in [5.41, 5.74) is 0. The molecule has 1 unspecified atom stereocenters. The van der Waals surface area contributed by atoms with Gasteiger partial charge in [-0.25, -0.2) is 8.42 Å². The lowest BCUT2D eigenvalue weighted by molar-refractivity contribution is 0.398. The normalized spacial score (nSPS) is 24.6. The van der Waals surface area contributed by atoms with E-state index in [0.29, 0.717) is 11.5 Å². The second-order valence-corrected chi connectivity index (χ2v) is 5.28. The molecule has 0 bridgehead atoms. The van der Waals surface area contributed by atoms with Crippen LogP contribution in [-0.2, 0) is 9.84 Å². The van der Waals surface area contributed by atoms with Gasteiger partial charge >= 0.3 is 0 Å². The van der Waals surface area contributed by atoms with E-state index >= 15 is 0 Å². The summed E-state index contributed by atoms with van der Waals surface area (Å²) < 4.78 is 22.4. The minimum atomic E-state index is -2.75. The largest absolute Gasteiger partial charge is 0.313 e. The molecule has 1 atom stereocenters. The molecule has 0 aromatic carbocycles. The number of rotatable bonds is 4. The van der Waals surface area contributed by atoms with Crippen LogP contribution in [-0.4, -0.2) is 32.5 Å². The highest BCUT2D eigenvalue weighted by atomic mass is 32.2. The van der Waals surface area contributed by atoms with Crippen LogP contribution >= 0.6 is 0 Å². The lowest BCUT2D eigenvalue weighted by Crippen LogP contribution is -2.47. The Balaban J connectivity index is 2.33. The zero-order valence-corrected chi connectivity index (χ0v) is 7.65. The van der Waals surface area contributed by atoms with Gasteiger partial charge in [0.15, 0.2) is 9.84 Å². The topological polar surface area (TPSA) is 46.2 Å². The minimum absolute atomic E-state index is 0.242. The molecule has 1 rings (SSSR count). The third kappa shape index (κ3) is 2.79. The minimum Gasteiger partial charge on any atom is -0.313 e. The van der Waals surface area contributed by atoms with Crippen molar-refractivity contribution >= 4 is 9.84 Å².